The molecule has 1 fully saturated rings. The molecule has 23 heavy (non-hydrogen) atoms. The van der Waals surface area contributed by atoms with Crippen molar-refractivity contribution in [3.63, 3.8) is 0 Å². The SMILES string of the molecule is O=C(NCc1ccc(-c2nc3ccccc3s2)o1)[C@@H]1CCOC1. The summed E-state index contributed by atoms with van der Waals surface area (Å²) in [6.45, 7) is 1.57. The largest absolute Gasteiger partial charge is 0.457 e. The second-order valence-electron chi connectivity index (χ2n) is 5.53. The number of nitrogens with zero attached hydrogens (tertiary/aromatic N) is 1. The molecule has 1 amide bonds. The quantitative estimate of drug-likeness (QED) is 0.799. The maximum atomic E-state index is 12.0. The van der Waals surface area contributed by atoms with Crippen LogP contribution in [0.25, 0.3) is 21.0 Å². The summed E-state index contributed by atoms with van der Waals surface area (Å²) in [6, 6.07) is 11.8. The van der Waals surface area contributed by atoms with Gasteiger partial charge in [-0.05, 0) is 30.7 Å². The Labute approximate surface area is 137 Å². The molecule has 1 saturated heterocycles. The lowest BCUT2D eigenvalue weighted by atomic mass is 10.1. The fourth-order valence-electron chi connectivity index (χ4n) is 2.63. The van der Waals surface area contributed by atoms with Gasteiger partial charge in [-0.2, -0.15) is 0 Å². The predicted octanol–water partition coefficient (Wildman–Crippen LogP) is 3.21. The monoisotopic (exact) mass is 328 g/mol. The number of hydrogen-bond donors (Lipinski definition) is 1. The molecule has 0 aliphatic carbocycles. The molecule has 118 valence electrons. The predicted molar refractivity (Wildman–Crippen MR) is 88.1 cm³/mol. The summed E-state index contributed by atoms with van der Waals surface area (Å²) in [7, 11) is 0. The first-order valence-electron chi connectivity index (χ1n) is 7.60. The summed E-state index contributed by atoms with van der Waals surface area (Å²) in [6.07, 6.45) is 0.793. The molecule has 0 unspecified atom stereocenters. The van der Waals surface area contributed by atoms with Gasteiger partial charge in [0, 0.05) is 6.61 Å². The molecular weight excluding hydrogens is 312 g/mol. The van der Waals surface area contributed by atoms with Crippen LogP contribution in [0.3, 0.4) is 0 Å². The van der Waals surface area contributed by atoms with Crippen molar-refractivity contribution in [3.05, 3.63) is 42.2 Å². The van der Waals surface area contributed by atoms with Gasteiger partial charge in [0.1, 0.15) is 5.76 Å². The number of furan rings is 1. The smallest absolute Gasteiger partial charge is 0.225 e. The van der Waals surface area contributed by atoms with Crippen molar-refractivity contribution in [2.75, 3.05) is 13.2 Å². The summed E-state index contributed by atoms with van der Waals surface area (Å²) < 4.78 is 12.2. The number of benzene rings is 1. The van der Waals surface area contributed by atoms with E-state index in [-0.39, 0.29) is 11.8 Å². The third kappa shape index (κ3) is 3.00. The average molecular weight is 328 g/mol. The summed E-state index contributed by atoms with van der Waals surface area (Å²) in [5.74, 6) is 1.46. The Kier molecular flexibility index (Phi) is 3.85. The Bertz CT molecular complexity index is 800. The minimum Gasteiger partial charge on any atom is -0.457 e. The molecule has 2 aromatic heterocycles. The van der Waals surface area contributed by atoms with Crippen molar-refractivity contribution in [1.29, 1.82) is 0 Å². The zero-order valence-corrected chi connectivity index (χ0v) is 13.3. The van der Waals surface area contributed by atoms with E-state index in [0.717, 1.165) is 33.2 Å². The van der Waals surface area contributed by atoms with Crippen LogP contribution in [0.15, 0.2) is 40.8 Å². The van der Waals surface area contributed by atoms with Crippen molar-refractivity contribution >= 4 is 27.5 Å². The van der Waals surface area contributed by atoms with Gasteiger partial charge in [-0.1, -0.05) is 12.1 Å². The molecule has 0 spiro atoms. The van der Waals surface area contributed by atoms with Gasteiger partial charge >= 0.3 is 0 Å². The topological polar surface area (TPSA) is 64.4 Å². The van der Waals surface area contributed by atoms with Crippen molar-refractivity contribution < 1.29 is 13.9 Å². The van der Waals surface area contributed by atoms with Crippen LogP contribution in [0.1, 0.15) is 12.2 Å². The zero-order chi connectivity index (χ0) is 15.6. The number of rotatable bonds is 4. The summed E-state index contributed by atoms with van der Waals surface area (Å²) in [5.41, 5.74) is 0.972. The van der Waals surface area contributed by atoms with E-state index in [1.807, 2.05) is 36.4 Å². The van der Waals surface area contributed by atoms with E-state index in [9.17, 15) is 4.79 Å². The van der Waals surface area contributed by atoms with Gasteiger partial charge in [-0.25, -0.2) is 4.98 Å². The molecule has 1 aromatic carbocycles. The number of thiazole rings is 1. The van der Waals surface area contributed by atoms with E-state index < -0.39 is 0 Å². The van der Waals surface area contributed by atoms with Crippen LogP contribution in [0.2, 0.25) is 0 Å². The van der Waals surface area contributed by atoms with Crippen LogP contribution in [0, 0.1) is 5.92 Å². The second kappa shape index (κ2) is 6.14. The Morgan fingerprint density at radius 2 is 2.22 bits per heavy atom. The molecule has 4 rings (SSSR count). The lowest BCUT2D eigenvalue weighted by molar-refractivity contribution is -0.125. The van der Waals surface area contributed by atoms with Crippen LogP contribution in [0.5, 0.6) is 0 Å². The van der Waals surface area contributed by atoms with E-state index in [1.165, 1.54) is 0 Å². The minimum atomic E-state index is -0.0336. The Morgan fingerprint density at radius 1 is 1.30 bits per heavy atom. The number of hydrogen-bond acceptors (Lipinski definition) is 5. The van der Waals surface area contributed by atoms with Crippen LogP contribution in [0.4, 0.5) is 0 Å². The Morgan fingerprint density at radius 3 is 3.04 bits per heavy atom. The van der Waals surface area contributed by atoms with Crippen LogP contribution in [-0.4, -0.2) is 24.1 Å². The minimum absolute atomic E-state index is 0.0282. The highest BCUT2D eigenvalue weighted by Crippen LogP contribution is 2.31. The molecule has 1 aliphatic rings. The lowest BCUT2D eigenvalue weighted by Crippen LogP contribution is -2.30. The molecule has 1 atom stereocenters. The summed E-state index contributed by atoms with van der Waals surface area (Å²) in [4.78, 5) is 16.5. The fourth-order valence-corrected chi connectivity index (χ4v) is 3.55. The lowest BCUT2D eigenvalue weighted by Gasteiger charge is -2.07. The van der Waals surface area contributed by atoms with Gasteiger partial charge in [0.2, 0.25) is 5.91 Å². The normalized spacial score (nSPS) is 17.7. The van der Waals surface area contributed by atoms with Crippen LogP contribution >= 0.6 is 11.3 Å². The Hall–Kier alpha value is -2.18. The van der Waals surface area contributed by atoms with Gasteiger partial charge in [0.05, 0.1) is 29.3 Å². The van der Waals surface area contributed by atoms with E-state index in [1.54, 1.807) is 11.3 Å². The van der Waals surface area contributed by atoms with E-state index in [0.29, 0.717) is 19.8 Å². The molecule has 1 N–H and O–H groups in total. The number of carbonyl (C=O) groups is 1. The number of ether oxygens (including phenoxy) is 1. The first-order chi connectivity index (χ1) is 11.3. The van der Waals surface area contributed by atoms with Crippen molar-refractivity contribution in [3.8, 4) is 10.8 Å². The number of carbonyl (C=O) groups excluding carboxylic acids is 1. The highest BCUT2D eigenvalue weighted by atomic mass is 32.1. The molecule has 3 heterocycles. The van der Waals surface area contributed by atoms with Crippen molar-refractivity contribution in [2.24, 2.45) is 5.92 Å². The first kappa shape index (κ1) is 14.4. The molecule has 6 heteroatoms. The molecule has 5 nitrogen and oxygen atoms in total. The molecule has 0 saturated carbocycles. The number of aromatic nitrogens is 1. The summed E-state index contributed by atoms with van der Waals surface area (Å²) in [5, 5.41) is 3.76. The van der Waals surface area contributed by atoms with Crippen molar-refractivity contribution in [2.45, 2.75) is 13.0 Å². The van der Waals surface area contributed by atoms with Gasteiger partial charge < -0.3 is 14.5 Å². The molecular formula is C17H16N2O3S. The van der Waals surface area contributed by atoms with E-state index >= 15 is 0 Å². The molecule has 3 aromatic rings. The van der Waals surface area contributed by atoms with Crippen LogP contribution < -0.4 is 5.32 Å². The molecule has 0 bridgehead atoms. The average Bonchev–Trinajstić information content (AvgIpc) is 3.31. The van der Waals surface area contributed by atoms with E-state index in [2.05, 4.69) is 10.3 Å². The highest BCUT2D eigenvalue weighted by Gasteiger charge is 2.23. The third-order valence-electron chi connectivity index (χ3n) is 3.90. The zero-order valence-electron chi connectivity index (χ0n) is 12.5. The second-order valence-corrected chi connectivity index (χ2v) is 6.56. The summed E-state index contributed by atoms with van der Waals surface area (Å²) >= 11 is 1.60. The molecule has 0 radical (unpaired) electrons. The number of fused-ring (bicyclic) bond motifs is 1. The van der Waals surface area contributed by atoms with Gasteiger partial charge in [-0.3, -0.25) is 4.79 Å². The number of amides is 1. The number of nitrogens with one attached hydrogen (secondary N) is 1. The van der Waals surface area contributed by atoms with Crippen LogP contribution in [-0.2, 0) is 16.1 Å². The first-order valence-corrected chi connectivity index (χ1v) is 8.41. The standard InChI is InChI=1S/C17H16N2O3S/c20-16(11-7-8-21-10-11)18-9-12-5-6-14(22-12)17-19-13-3-1-2-4-15(13)23-17/h1-6,11H,7-10H2,(H,18,20)/t11-/m1/s1. The number of para-hydroxylation sites is 1. The van der Waals surface area contributed by atoms with Gasteiger partial charge in [0.15, 0.2) is 10.8 Å². The van der Waals surface area contributed by atoms with Crippen molar-refractivity contribution in [1.82, 2.24) is 10.3 Å². The van der Waals surface area contributed by atoms with Gasteiger partial charge in [0.25, 0.3) is 0 Å². The fraction of sp³-hybridized carbons (Fsp3) is 0.294. The van der Waals surface area contributed by atoms with Gasteiger partial charge in [-0.15, -0.1) is 11.3 Å². The Balaban J connectivity index is 1.45. The maximum absolute atomic E-state index is 12.0. The molecule has 1 aliphatic heterocycles. The van der Waals surface area contributed by atoms with E-state index in [4.69, 9.17) is 9.15 Å². The third-order valence-corrected chi connectivity index (χ3v) is 4.95. The highest BCUT2D eigenvalue weighted by molar-refractivity contribution is 7.21. The maximum Gasteiger partial charge on any atom is 0.225 e.